The first-order valence-electron chi connectivity index (χ1n) is 6.82. The summed E-state index contributed by atoms with van der Waals surface area (Å²) < 4.78 is 10.3. The fraction of sp³-hybridized carbons (Fsp3) is 0.769. The molecule has 1 aromatic heterocycles. The molecule has 1 amide bonds. The van der Waals surface area contributed by atoms with Crippen molar-refractivity contribution in [1.29, 1.82) is 0 Å². The maximum Gasteiger partial charge on any atom is 0.229 e. The van der Waals surface area contributed by atoms with Gasteiger partial charge in [0, 0.05) is 38.5 Å². The lowest BCUT2D eigenvalue weighted by atomic mass is 10.1. The second-order valence-electron chi connectivity index (χ2n) is 5.24. The molecule has 19 heavy (non-hydrogen) atoms. The summed E-state index contributed by atoms with van der Waals surface area (Å²) in [5.74, 6) is 1.97. The number of hydrogen-bond acceptors (Lipinski definition) is 5. The first kappa shape index (κ1) is 14.0. The van der Waals surface area contributed by atoms with Crippen LogP contribution in [0.25, 0.3) is 0 Å². The molecule has 0 radical (unpaired) electrons. The first-order chi connectivity index (χ1) is 9.15. The zero-order valence-corrected chi connectivity index (χ0v) is 11.5. The first-order valence-corrected chi connectivity index (χ1v) is 6.82. The van der Waals surface area contributed by atoms with Crippen molar-refractivity contribution in [2.24, 2.45) is 5.92 Å². The number of ether oxygens (including phenoxy) is 1. The minimum Gasteiger partial charge on any atom is -0.381 e. The third-order valence-corrected chi connectivity index (χ3v) is 3.15. The molecular formula is C13H21N3O3. The van der Waals surface area contributed by atoms with Crippen LogP contribution in [0.5, 0.6) is 0 Å². The molecule has 1 fully saturated rings. The fourth-order valence-electron chi connectivity index (χ4n) is 2.00. The van der Waals surface area contributed by atoms with Crippen molar-refractivity contribution in [1.82, 2.24) is 15.5 Å². The van der Waals surface area contributed by atoms with Crippen molar-refractivity contribution < 1.29 is 14.1 Å². The lowest BCUT2D eigenvalue weighted by Gasteiger charge is -2.07. The van der Waals surface area contributed by atoms with E-state index in [2.05, 4.69) is 15.5 Å². The number of hydrogen-bond donors (Lipinski definition) is 1. The van der Waals surface area contributed by atoms with E-state index in [9.17, 15) is 4.79 Å². The largest absolute Gasteiger partial charge is 0.381 e. The Balaban J connectivity index is 1.66. The van der Waals surface area contributed by atoms with Gasteiger partial charge in [0.1, 0.15) is 0 Å². The van der Waals surface area contributed by atoms with Gasteiger partial charge in [0.05, 0.1) is 0 Å². The van der Waals surface area contributed by atoms with Gasteiger partial charge in [-0.15, -0.1) is 0 Å². The molecule has 0 bridgehead atoms. The summed E-state index contributed by atoms with van der Waals surface area (Å²) in [4.78, 5) is 15.9. The summed E-state index contributed by atoms with van der Waals surface area (Å²) >= 11 is 0. The Morgan fingerprint density at radius 2 is 2.37 bits per heavy atom. The van der Waals surface area contributed by atoms with Gasteiger partial charge >= 0.3 is 0 Å². The predicted octanol–water partition coefficient (Wildman–Crippen LogP) is 1.28. The number of aromatic nitrogens is 2. The normalized spacial score (nSPS) is 19.0. The molecule has 0 aromatic carbocycles. The van der Waals surface area contributed by atoms with Crippen LogP contribution in [-0.4, -0.2) is 35.8 Å². The number of carbonyl (C=O) groups excluding carboxylic acids is 1. The summed E-state index contributed by atoms with van der Waals surface area (Å²) in [6.07, 6.45) is 2.13. The number of carbonyl (C=O) groups is 1. The monoisotopic (exact) mass is 267 g/mol. The van der Waals surface area contributed by atoms with E-state index in [1.165, 1.54) is 0 Å². The molecule has 0 aliphatic carbocycles. The third kappa shape index (κ3) is 4.31. The summed E-state index contributed by atoms with van der Waals surface area (Å²) in [5.41, 5.74) is 0. The molecule has 2 heterocycles. The van der Waals surface area contributed by atoms with Crippen LogP contribution < -0.4 is 5.32 Å². The second kappa shape index (κ2) is 6.65. The van der Waals surface area contributed by atoms with Crippen LogP contribution in [0.4, 0.5) is 0 Å². The van der Waals surface area contributed by atoms with Crippen LogP contribution in [0.3, 0.4) is 0 Å². The highest BCUT2D eigenvalue weighted by molar-refractivity contribution is 5.76. The smallest absolute Gasteiger partial charge is 0.229 e. The molecule has 6 heteroatoms. The number of amides is 1. The van der Waals surface area contributed by atoms with Crippen LogP contribution in [0, 0.1) is 5.92 Å². The van der Waals surface area contributed by atoms with Gasteiger partial charge in [0.15, 0.2) is 5.82 Å². The molecule has 1 saturated heterocycles. The SMILES string of the molecule is CC(C)c1nc(CCNC(=O)CC2CCOC2)no1. The average Bonchev–Trinajstić information content (AvgIpc) is 3.00. The lowest BCUT2D eigenvalue weighted by molar-refractivity contribution is -0.122. The van der Waals surface area contributed by atoms with Crippen molar-refractivity contribution >= 4 is 5.91 Å². The quantitative estimate of drug-likeness (QED) is 0.840. The standard InChI is InChI=1S/C13H21N3O3/c1-9(2)13-15-11(16-19-13)3-5-14-12(17)7-10-4-6-18-8-10/h9-10H,3-8H2,1-2H3,(H,14,17). The van der Waals surface area contributed by atoms with Gasteiger partial charge < -0.3 is 14.6 Å². The summed E-state index contributed by atoms with van der Waals surface area (Å²) in [6.45, 7) is 6.03. The van der Waals surface area contributed by atoms with Crippen LogP contribution in [0.2, 0.25) is 0 Å². The van der Waals surface area contributed by atoms with Crippen molar-refractivity contribution in [2.75, 3.05) is 19.8 Å². The maximum atomic E-state index is 11.7. The van der Waals surface area contributed by atoms with E-state index in [0.717, 1.165) is 13.0 Å². The molecule has 106 valence electrons. The van der Waals surface area contributed by atoms with Gasteiger partial charge in [0.25, 0.3) is 0 Å². The van der Waals surface area contributed by atoms with Gasteiger partial charge in [-0.05, 0) is 12.3 Å². The van der Waals surface area contributed by atoms with Crippen LogP contribution in [0.15, 0.2) is 4.52 Å². The molecule has 1 N–H and O–H groups in total. The van der Waals surface area contributed by atoms with E-state index in [1.54, 1.807) is 0 Å². The van der Waals surface area contributed by atoms with E-state index in [-0.39, 0.29) is 11.8 Å². The van der Waals surface area contributed by atoms with E-state index >= 15 is 0 Å². The van der Waals surface area contributed by atoms with Gasteiger partial charge in [-0.1, -0.05) is 19.0 Å². The lowest BCUT2D eigenvalue weighted by Crippen LogP contribution is -2.27. The highest BCUT2D eigenvalue weighted by Gasteiger charge is 2.18. The average molecular weight is 267 g/mol. The van der Waals surface area contributed by atoms with Gasteiger partial charge in [0.2, 0.25) is 11.8 Å². The van der Waals surface area contributed by atoms with E-state index in [0.29, 0.717) is 43.6 Å². The van der Waals surface area contributed by atoms with E-state index in [1.807, 2.05) is 13.8 Å². The molecule has 0 spiro atoms. The summed E-state index contributed by atoms with van der Waals surface area (Å²) in [7, 11) is 0. The Hall–Kier alpha value is -1.43. The van der Waals surface area contributed by atoms with Crippen molar-refractivity contribution in [3.05, 3.63) is 11.7 Å². The maximum absolute atomic E-state index is 11.7. The number of rotatable bonds is 6. The van der Waals surface area contributed by atoms with Gasteiger partial charge in [-0.25, -0.2) is 0 Å². The van der Waals surface area contributed by atoms with Gasteiger partial charge in [-0.2, -0.15) is 4.98 Å². The Bertz CT molecular complexity index is 411. The molecule has 1 aromatic rings. The fourth-order valence-corrected chi connectivity index (χ4v) is 2.00. The minimum atomic E-state index is 0.0723. The number of nitrogens with one attached hydrogen (secondary N) is 1. The van der Waals surface area contributed by atoms with Crippen molar-refractivity contribution in [3.8, 4) is 0 Å². The molecule has 1 aliphatic heterocycles. The Kier molecular flexibility index (Phi) is 4.90. The Labute approximate surface area is 112 Å². The van der Waals surface area contributed by atoms with E-state index < -0.39 is 0 Å². The topological polar surface area (TPSA) is 77.2 Å². The number of nitrogens with zero attached hydrogens (tertiary/aromatic N) is 2. The van der Waals surface area contributed by atoms with E-state index in [4.69, 9.17) is 9.26 Å². The van der Waals surface area contributed by atoms with Crippen LogP contribution >= 0.6 is 0 Å². The molecule has 1 aliphatic rings. The third-order valence-electron chi connectivity index (χ3n) is 3.15. The van der Waals surface area contributed by atoms with Crippen molar-refractivity contribution in [2.45, 2.75) is 39.0 Å². The molecule has 0 saturated carbocycles. The molecule has 2 rings (SSSR count). The molecular weight excluding hydrogens is 246 g/mol. The summed E-state index contributed by atoms with van der Waals surface area (Å²) in [6, 6.07) is 0. The van der Waals surface area contributed by atoms with Crippen LogP contribution in [0.1, 0.15) is 44.3 Å². The zero-order valence-electron chi connectivity index (χ0n) is 11.5. The predicted molar refractivity (Wildman–Crippen MR) is 68.6 cm³/mol. The Morgan fingerprint density at radius 1 is 1.53 bits per heavy atom. The minimum absolute atomic E-state index is 0.0723. The zero-order chi connectivity index (χ0) is 13.7. The highest BCUT2D eigenvalue weighted by Crippen LogP contribution is 2.15. The molecule has 6 nitrogen and oxygen atoms in total. The molecule has 1 atom stereocenters. The Morgan fingerprint density at radius 3 is 3.00 bits per heavy atom. The van der Waals surface area contributed by atoms with Crippen LogP contribution in [-0.2, 0) is 16.0 Å². The van der Waals surface area contributed by atoms with Crippen molar-refractivity contribution in [3.63, 3.8) is 0 Å². The van der Waals surface area contributed by atoms with Gasteiger partial charge in [-0.3, -0.25) is 4.79 Å². The second-order valence-corrected chi connectivity index (χ2v) is 5.24. The highest BCUT2D eigenvalue weighted by atomic mass is 16.5. The molecule has 1 unspecified atom stereocenters. The summed E-state index contributed by atoms with van der Waals surface area (Å²) in [5, 5.41) is 6.76.